The van der Waals surface area contributed by atoms with Crippen molar-refractivity contribution in [1.29, 1.82) is 0 Å². The van der Waals surface area contributed by atoms with Crippen LogP contribution < -0.4 is 5.73 Å². The quantitative estimate of drug-likeness (QED) is 0.553. The van der Waals surface area contributed by atoms with Gasteiger partial charge in [0.1, 0.15) is 5.84 Å². The molecule has 0 unspecified atom stereocenters. The van der Waals surface area contributed by atoms with Crippen molar-refractivity contribution >= 4 is 5.84 Å². The number of hydrogen-bond donors (Lipinski definition) is 1. The van der Waals surface area contributed by atoms with Crippen molar-refractivity contribution in [1.82, 2.24) is 4.98 Å². The maximum absolute atomic E-state index is 5.56. The molecule has 2 rings (SSSR count). The van der Waals surface area contributed by atoms with Gasteiger partial charge in [0.25, 0.3) is 0 Å². The van der Waals surface area contributed by atoms with Crippen LogP contribution in [0.5, 0.6) is 0 Å². The van der Waals surface area contributed by atoms with Gasteiger partial charge in [-0.25, -0.2) is 0 Å². The van der Waals surface area contributed by atoms with Crippen molar-refractivity contribution in [2.24, 2.45) is 10.7 Å². The van der Waals surface area contributed by atoms with Gasteiger partial charge < -0.3 is 5.73 Å². The summed E-state index contributed by atoms with van der Waals surface area (Å²) in [5, 5.41) is 0. The predicted molar refractivity (Wildman–Crippen MR) is 38.7 cm³/mol. The Morgan fingerprint density at radius 3 is 3.20 bits per heavy atom. The molecule has 2 N–H and O–H groups in total. The number of rotatable bonds is 0. The van der Waals surface area contributed by atoms with Crippen LogP contribution in [-0.4, -0.2) is 10.8 Å². The molecule has 1 aliphatic rings. The molecule has 10 heavy (non-hydrogen) atoms. The van der Waals surface area contributed by atoms with Crippen LogP contribution in [0.2, 0.25) is 0 Å². The second kappa shape index (κ2) is 1.80. The van der Waals surface area contributed by atoms with Crippen LogP contribution in [0.15, 0.2) is 23.3 Å². The molecule has 0 saturated heterocycles. The van der Waals surface area contributed by atoms with E-state index < -0.39 is 0 Å². The summed E-state index contributed by atoms with van der Waals surface area (Å²) in [6.07, 6.45) is 1.76. The molecule has 0 fully saturated rings. The zero-order chi connectivity index (χ0) is 6.97. The van der Waals surface area contributed by atoms with Crippen LogP contribution in [0.4, 0.5) is 0 Å². The Bertz CT molecular complexity index is 291. The Hall–Kier alpha value is -1.38. The summed E-state index contributed by atoms with van der Waals surface area (Å²) in [6, 6.07) is 3.81. The second-order valence-corrected chi connectivity index (χ2v) is 2.20. The van der Waals surface area contributed by atoms with E-state index in [1.165, 1.54) is 0 Å². The summed E-state index contributed by atoms with van der Waals surface area (Å²) >= 11 is 0. The number of nitrogens with two attached hydrogens (primary N) is 1. The minimum absolute atomic E-state index is 0.614. The highest BCUT2D eigenvalue weighted by molar-refractivity contribution is 6.00. The molecule has 0 bridgehead atoms. The molecule has 1 aliphatic heterocycles. The lowest BCUT2D eigenvalue weighted by Gasteiger charge is -1.93. The van der Waals surface area contributed by atoms with Crippen LogP contribution in [0.1, 0.15) is 11.3 Å². The van der Waals surface area contributed by atoms with E-state index in [2.05, 4.69) is 9.98 Å². The van der Waals surface area contributed by atoms with Gasteiger partial charge in [-0.15, -0.1) is 0 Å². The highest BCUT2D eigenvalue weighted by atomic mass is 14.9. The first kappa shape index (κ1) is 5.41. The van der Waals surface area contributed by atoms with Gasteiger partial charge in [0.15, 0.2) is 0 Å². The average molecular weight is 133 g/mol. The second-order valence-electron chi connectivity index (χ2n) is 2.20. The Labute approximate surface area is 58.6 Å². The monoisotopic (exact) mass is 133 g/mol. The molecule has 0 aliphatic carbocycles. The number of nitrogens with zero attached hydrogens (tertiary/aromatic N) is 2. The summed E-state index contributed by atoms with van der Waals surface area (Å²) in [5.41, 5.74) is 7.53. The van der Waals surface area contributed by atoms with Gasteiger partial charge >= 0.3 is 0 Å². The smallest absolute Gasteiger partial charge is 0.127 e. The fourth-order valence-corrected chi connectivity index (χ4v) is 1.04. The zero-order valence-electron chi connectivity index (χ0n) is 5.41. The van der Waals surface area contributed by atoms with Crippen molar-refractivity contribution in [2.45, 2.75) is 6.54 Å². The first-order valence-corrected chi connectivity index (χ1v) is 3.12. The lowest BCUT2D eigenvalue weighted by Crippen LogP contribution is -2.10. The molecule has 0 aromatic carbocycles. The third-order valence-corrected chi connectivity index (χ3v) is 1.57. The van der Waals surface area contributed by atoms with E-state index in [0.717, 1.165) is 11.3 Å². The molecule has 0 saturated carbocycles. The minimum Gasteiger partial charge on any atom is -0.383 e. The highest BCUT2D eigenvalue weighted by Gasteiger charge is 2.11. The van der Waals surface area contributed by atoms with Gasteiger partial charge in [0, 0.05) is 11.8 Å². The molecule has 0 spiro atoms. The maximum atomic E-state index is 5.56. The summed E-state index contributed by atoms with van der Waals surface area (Å²) in [4.78, 5) is 8.15. The fraction of sp³-hybridized carbons (Fsp3) is 0.143. The van der Waals surface area contributed by atoms with Gasteiger partial charge in [-0.1, -0.05) is 0 Å². The van der Waals surface area contributed by atoms with Gasteiger partial charge in [-0.2, -0.15) is 0 Å². The van der Waals surface area contributed by atoms with E-state index in [9.17, 15) is 0 Å². The summed E-state index contributed by atoms with van der Waals surface area (Å²) in [6.45, 7) is 0.641. The molecular formula is C7H7N3. The molecule has 2 heterocycles. The molecule has 3 nitrogen and oxygen atoms in total. The molecule has 0 amide bonds. The lowest BCUT2D eigenvalue weighted by molar-refractivity contribution is 1.02. The standard InChI is InChI=1S/C7H7N3/c8-7-5-2-1-3-9-6(5)4-10-7/h1-3H,4H2,(H2,8,10). The Balaban J connectivity index is 2.61. The Morgan fingerprint density at radius 2 is 2.40 bits per heavy atom. The minimum atomic E-state index is 0.614. The number of fused-ring (bicyclic) bond motifs is 1. The third-order valence-electron chi connectivity index (χ3n) is 1.57. The van der Waals surface area contributed by atoms with E-state index in [-0.39, 0.29) is 0 Å². The maximum Gasteiger partial charge on any atom is 0.127 e. The molecule has 50 valence electrons. The molecule has 3 heteroatoms. The summed E-state index contributed by atoms with van der Waals surface area (Å²) in [7, 11) is 0. The topological polar surface area (TPSA) is 51.3 Å². The SMILES string of the molecule is NC1=NCc2ncccc21. The van der Waals surface area contributed by atoms with Crippen molar-refractivity contribution in [3.05, 3.63) is 29.6 Å². The largest absolute Gasteiger partial charge is 0.383 e. The first-order valence-electron chi connectivity index (χ1n) is 3.12. The van der Waals surface area contributed by atoms with E-state index in [0.29, 0.717) is 12.4 Å². The van der Waals surface area contributed by atoms with Crippen LogP contribution in [0, 0.1) is 0 Å². The molecule has 0 radical (unpaired) electrons. The number of aromatic nitrogens is 1. The average Bonchev–Trinajstić information content (AvgIpc) is 2.34. The van der Waals surface area contributed by atoms with E-state index in [4.69, 9.17) is 5.73 Å². The normalized spacial score (nSPS) is 14.6. The van der Waals surface area contributed by atoms with Crippen molar-refractivity contribution in [3.8, 4) is 0 Å². The van der Waals surface area contributed by atoms with E-state index >= 15 is 0 Å². The molecular weight excluding hydrogens is 126 g/mol. The number of pyridine rings is 1. The van der Waals surface area contributed by atoms with Crippen LogP contribution in [0.3, 0.4) is 0 Å². The Morgan fingerprint density at radius 1 is 1.50 bits per heavy atom. The van der Waals surface area contributed by atoms with Crippen molar-refractivity contribution in [2.75, 3.05) is 0 Å². The van der Waals surface area contributed by atoms with E-state index in [1.807, 2.05) is 12.1 Å². The number of hydrogen-bond acceptors (Lipinski definition) is 3. The predicted octanol–water partition coefficient (Wildman–Crippen LogP) is 0.300. The third kappa shape index (κ3) is 0.603. The van der Waals surface area contributed by atoms with E-state index in [1.54, 1.807) is 6.20 Å². The number of amidine groups is 1. The molecule has 1 aromatic heterocycles. The zero-order valence-corrected chi connectivity index (χ0v) is 5.41. The summed E-state index contributed by atoms with van der Waals surface area (Å²) in [5.74, 6) is 0.614. The van der Waals surface area contributed by atoms with Crippen LogP contribution >= 0.6 is 0 Å². The lowest BCUT2D eigenvalue weighted by atomic mass is 10.2. The Kier molecular flexibility index (Phi) is 0.974. The van der Waals surface area contributed by atoms with Gasteiger partial charge in [-0.3, -0.25) is 9.98 Å². The fourth-order valence-electron chi connectivity index (χ4n) is 1.04. The molecule has 0 atom stereocenters. The van der Waals surface area contributed by atoms with Crippen molar-refractivity contribution in [3.63, 3.8) is 0 Å². The van der Waals surface area contributed by atoms with Gasteiger partial charge in [0.2, 0.25) is 0 Å². The first-order chi connectivity index (χ1) is 4.88. The van der Waals surface area contributed by atoms with Crippen LogP contribution in [0.25, 0.3) is 0 Å². The van der Waals surface area contributed by atoms with Gasteiger partial charge in [-0.05, 0) is 12.1 Å². The van der Waals surface area contributed by atoms with Gasteiger partial charge in [0.05, 0.1) is 12.2 Å². The summed E-state index contributed by atoms with van der Waals surface area (Å²) < 4.78 is 0. The van der Waals surface area contributed by atoms with Crippen LogP contribution in [-0.2, 0) is 6.54 Å². The number of aliphatic imine (C=N–C) groups is 1. The van der Waals surface area contributed by atoms with Crippen molar-refractivity contribution < 1.29 is 0 Å². The highest BCUT2D eigenvalue weighted by Crippen LogP contribution is 2.12. The molecule has 1 aromatic rings.